The second-order valence-corrected chi connectivity index (χ2v) is 7.55. The van der Waals surface area contributed by atoms with Gasteiger partial charge in [0.05, 0.1) is 32.6 Å². The summed E-state index contributed by atoms with van der Waals surface area (Å²) in [5, 5.41) is 0. The molecule has 8 nitrogen and oxygen atoms in total. The molecule has 162 valence electrons. The Labute approximate surface area is 179 Å². The molecule has 8 heteroatoms. The van der Waals surface area contributed by atoms with E-state index in [4.69, 9.17) is 28.4 Å². The third-order valence-electron chi connectivity index (χ3n) is 6.05. The molecule has 2 aromatic carbocycles. The van der Waals surface area contributed by atoms with Crippen molar-refractivity contribution in [3.63, 3.8) is 0 Å². The van der Waals surface area contributed by atoms with E-state index in [1.54, 1.807) is 21.3 Å². The number of hydrogen-bond acceptors (Lipinski definition) is 8. The SMILES string of the molecule is COc1cc(CC2C3=C(COC3=O)N(C)c3cc4c(cc32)OCO4)cc(OC)c1OC. The molecule has 5 rings (SSSR count). The van der Waals surface area contributed by atoms with Gasteiger partial charge in [0.2, 0.25) is 12.5 Å². The van der Waals surface area contributed by atoms with E-state index in [0.717, 1.165) is 22.5 Å². The summed E-state index contributed by atoms with van der Waals surface area (Å²) in [6, 6.07) is 7.75. The molecule has 0 saturated heterocycles. The molecule has 0 bridgehead atoms. The minimum absolute atomic E-state index is 0.189. The van der Waals surface area contributed by atoms with Gasteiger partial charge in [0.25, 0.3) is 0 Å². The summed E-state index contributed by atoms with van der Waals surface area (Å²) in [5.41, 5.74) is 4.44. The van der Waals surface area contributed by atoms with Crippen LogP contribution in [0.15, 0.2) is 35.5 Å². The standard InChI is InChI=1S/C23H23NO7/c1-24-15-9-18-17(30-11-31-18)8-13(15)14(21-16(24)10-29-23(21)25)5-12-6-19(26-2)22(28-4)20(7-12)27-3/h6-9,14H,5,10-11H2,1-4H3. The van der Waals surface area contributed by atoms with Crippen molar-refractivity contribution in [3.05, 3.63) is 46.7 Å². The molecule has 2 aromatic rings. The van der Waals surface area contributed by atoms with Crippen molar-refractivity contribution in [1.29, 1.82) is 0 Å². The third-order valence-corrected chi connectivity index (χ3v) is 6.05. The molecule has 0 aliphatic carbocycles. The third kappa shape index (κ3) is 2.93. The van der Waals surface area contributed by atoms with Gasteiger partial charge in [-0.05, 0) is 35.7 Å². The Morgan fingerprint density at radius 1 is 0.968 bits per heavy atom. The Balaban J connectivity index is 1.63. The molecule has 0 fully saturated rings. The number of carbonyl (C=O) groups is 1. The molecule has 0 N–H and O–H groups in total. The average molecular weight is 425 g/mol. The summed E-state index contributed by atoms with van der Waals surface area (Å²) >= 11 is 0. The van der Waals surface area contributed by atoms with Crippen LogP contribution in [0.4, 0.5) is 5.69 Å². The molecule has 0 aromatic heterocycles. The maximum Gasteiger partial charge on any atom is 0.336 e. The Hall–Kier alpha value is -3.55. The maximum absolute atomic E-state index is 12.7. The van der Waals surface area contributed by atoms with Crippen molar-refractivity contribution in [2.45, 2.75) is 12.3 Å². The molecule has 0 spiro atoms. The van der Waals surface area contributed by atoms with Gasteiger partial charge in [-0.15, -0.1) is 0 Å². The van der Waals surface area contributed by atoms with Crippen molar-refractivity contribution in [3.8, 4) is 28.7 Å². The zero-order chi connectivity index (χ0) is 21.7. The highest BCUT2D eigenvalue weighted by Crippen LogP contribution is 2.50. The van der Waals surface area contributed by atoms with Crippen molar-refractivity contribution < 1.29 is 33.2 Å². The van der Waals surface area contributed by atoms with Crippen molar-refractivity contribution >= 4 is 11.7 Å². The van der Waals surface area contributed by atoms with Crippen LogP contribution in [0.25, 0.3) is 0 Å². The van der Waals surface area contributed by atoms with E-state index >= 15 is 0 Å². The Bertz CT molecular complexity index is 1080. The summed E-state index contributed by atoms with van der Waals surface area (Å²) < 4.78 is 33.1. The van der Waals surface area contributed by atoms with Gasteiger partial charge in [-0.25, -0.2) is 4.79 Å². The normalized spacial score (nSPS) is 18.5. The Kier molecular flexibility index (Phi) is 4.57. The monoisotopic (exact) mass is 425 g/mol. The Morgan fingerprint density at radius 3 is 2.29 bits per heavy atom. The lowest BCUT2D eigenvalue weighted by atomic mass is 9.81. The van der Waals surface area contributed by atoms with Crippen LogP contribution in [0.2, 0.25) is 0 Å². The van der Waals surface area contributed by atoms with Crippen LogP contribution in [0, 0.1) is 0 Å². The van der Waals surface area contributed by atoms with Gasteiger partial charge in [-0.2, -0.15) is 0 Å². The molecule has 1 atom stereocenters. The number of carbonyl (C=O) groups excluding carboxylic acids is 1. The van der Waals surface area contributed by atoms with Crippen LogP contribution in [0.1, 0.15) is 17.0 Å². The number of fused-ring (bicyclic) bond motifs is 2. The number of benzene rings is 2. The fourth-order valence-electron chi connectivity index (χ4n) is 4.55. The summed E-state index contributed by atoms with van der Waals surface area (Å²) in [6.45, 7) is 0.443. The lowest BCUT2D eigenvalue weighted by molar-refractivity contribution is -0.136. The summed E-state index contributed by atoms with van der Waals surface area (Å²) in [6.07, 6.45) is 0.547. The highest BCUT2D eigenvalue weighted by Gasteiger charge is 2.41. The number of esters is 1. The van der Waals surface area contributed by atoms with Crippen molar-refractivity contribution in [2.24, 2.45) is 0 Å². The molecule has 1 unspecified atom stereocenters. The van der Waals surface area contributed by atoms with E-state index in [-0.39, 0.29) is 25.3 Å². The smallest absolute Gasteiger partial charge is 0.336 e. The van der Waals surface area contributed by atoms with Gasteiger partial charge < -0.3 is 33.3 Å². The van der Waals surface area contributed by atoms with Crippen LogP contribution in [-0.4, -0.2) is 47.7 Å². The highest BCUT2D eigenvalue weighted by molar-refractivity contribution is 5.96. The first-order valence-electron chi connectivity index (χ1n) is 9.92. The van der Waals surface area contributed by atoms with E-state index in [9.17, 15) is 4.79 Å². The predicted molar refractivity (Wildman–Crippen MR) is 111 cm³/mol. The molecule has 0 amide bonds. The molecule has 3 aliphatic rings. The second-order valence-electron chi connectivity index (χ2n) is 7.55. The fourth-order valence-corrected chi connectivity index (χ4v) is 4.55. The quantitative estimate of drug-likeness (QED) is 0.677. The van der Waals surface area contributed by atoms with Crippen molar-refractivity contribution in [1.82, 2.24) is 0 Å². The lowest BCUT2D eigenvalue weighted by Gasteiger charge is -2.33. The summed E-state index contributed by atoms with van der Waals surface area (Å²) in [4.78, 5) is 14.7. The zero-order valence-corrected chi connectivity index (χ0v) is 17.8. The number of methoxy groups -OCH3 is 3. The second kappa shape index (κ2) is 7.30. The van der Waals surface area contributed by atoms with Gasteiger partial charge >= 0.3 is 5.97 Å². The van der Waals surface area contributed by atoms with Crippen LogP contribution in [-0.2, 0) is 16.0 Å². The number of likely N-dealkylation sites (N-methyl/N-ethyl adjacent to an activating group) is 1. The largest absolute Gasteiger partial charge is 0.493 e. The van der Waals surface area contributed by atoms with Gasteiger partial charge in [0, 0.05) is 24.7 Å². The summed E-state index contributed by atoms with van der Waals surface area (Å²) in [7, 11) is 6.68. The number of ether oxygens (including phenoxy) is 6. The van der Waals surface area contributed by atoms with Gasteiger partial charge in [-0.3, -0.25) is 0 Å². The van der Waals surface area contributed by atoms with Gasteiger partial charge in [0.1, 0.15) is 6.61 Å². The van der Waals surface area contributed by atoms with E-state index < -0.39 is 0 Å². The number of hydrogen-bond donors (Lipinski definition) is 0. The van der Waals surface area contributed by atoms with Crippen LogP contribution >= 0.6 is 0 Å². The minimum atomic E-state index is -0.289. The van der Waals surface area contributed by atoms with Crippen LogP contribution in [0.5, 0.6) is 28.7 Å². The number of rotatable bonds is 5. The first-order valence-corrected chi connectivity index (χ1v) is 9.92. The first-order chi connectivity index (χ1) is 15.0. The van der Waals surface area contributed by atoms with Gasteiger partial charge in [0.15, 0.2) is 23.0 Å². The van der Waals surface area contributed by atoms with Gasteiger partial charge in [-0.1, -0.05) is 0 Å². The van der Waals surface area contributed by atoms with E-state index in [1.165, 1.54) is 0 Å². The molecule has 0 saturated carbocycles. The lowest BCUT2D eigenvalue weighted by Crippen LogP contribution is -2.28. The molecular formula is C23H23NO7. The molecular weight excluding hydrogens is 402 g/mol. The zero-order valence-electron chi connectivity index (χ0n) is 17.8. The van der Waals surface area contributed by atoms with Crippen LogP contribution < -0.4 is 28.6 Å². The highest BCUT2D eigenvalue weighted by atomic mass is 16.7. The molecule has 3 heterocycles. The van der Waals surface area contributed by atoms with E-state index in [0.29, 0.717) is 40.7 Å². The number of cyclic esters (lactones) is 1. The van der Waals surface area contributed by atoms with E-state index in [2.05, 4.69) is 0 Å². The molecule has 3 aliphatic heterocycles. The number of nitrogens with zero attached hydrogens (tertiary/aromatic N) is 1. The summed E-state index contributed by atoms with van der Waals surface area (Å²) in [5.74, 6) is 2.54. The fraction of sp³-hybridized carbons (Fsp3) is 0.348. The topological polar surface area (TPSA) is 75.7 Å². The predicted octanol–water partition coefficient (Wildman–Crippen LogP) is 3.03. The Morgan fingerprint density at radius 2 is 1.65 bits per heavy atom. The first kappa shape index (κ1) is 19.4. The number of anilines is 1. The van der Waals surface area contributed by atoms with Crippen LogP contribution in [0.3, 0.4) is 0 Å². The average Bonchev–Trinajstić information content (AvgIpc) is 3.41. The molecule has 31 heavy (non-hydrogen) atoms. The van der Waals surface area contributed by atoms with E-state index in [1.807, 2.05) is 36.2 Å². The van der Waals surface area contributed by atoms with Crippen molar-refractivity contribution in [2.75, 3.05) is 46.7 Å². The molecule has 0 radical (unpaired) electrons. The maximum atomic E-state index is 12.7. The minimum Gasteiger partial charge on any atom is -0.493 e.